The van der Waals surface area contributed by atoms with Gasteiger partial charge in [-0.3, -0.25) is 0 Å². The number of hydrogen-bond donors (Lipinski definition) is 1. The van der Waals surface area contributed by atoms with Crippen LogP contribution in [0.1, 0.15) is 37.3 Å². The molecule has 0 aliphatic heterocycles. The van der Waals surface area contributed by atoms with E-state index in [9.17, 15) is 0 Å². The van der Waals surface area contributed by atoms with Crippen LogP contribution in [0.5, 0.6) is 0 Å². The van der Waals surface area contributed by atoms with Gasteiger partial charge in [-0.2, -0.15) is 0 Å². The van der Waals surface area contributed by atoms with E-state index in [1.54, 1.807) is 0 Å². The van der Waals surface area contributed by atoms with Gasteiger partial charge in [0.1, 0.15) is 0 Å². The standard InChI is InChI=1S/C14H17NS/c15-14(10-5-1-2-6-10)12-9-16-13-8-4-3-7-11(12)13/h3-4,7-10,14H,1-2,5-6,15H2/t14-/m1/s1. The summed E-state index contributed by atoms with van der Waals surface area (Å²) >= 11 is 1.82. The molecule has 2 N–H and O–H groups in total. The van der Waals surface area contributed by atoms with Crippen molar-refractivity contribution >= 4 is 21.4 Å². The molecule has 1 atom stereocenters. The first-order chi connectivity index (χ1) is 7.86. The van der Waals surface area contributed by atoms with Gasteiger partial charge in [0.05, 0.1) is 0 Å². The van der Waals surface area contributed by atoms with E-state index in [4.69, 9.17) is 5.73 Å². The lowest BCUT2D eigenvalue weighted by atomic mass is 9.92. The van der Waals surface area contributed by atoms with E-state index in [1.165, 1.54) is 41.3 Å². The van der Waals surface area contributed by atoms with Crippen molar-refractivity contribution in [1.82, 2.24) is 0 Å². The molecule has 3 rings (SSSR count). The first-order valence-corrected chi connectivity index (χ1v) is 6.96. The van der Waals surface area contributed by atoms with Crippen molar-refractivity contribution in [2.24, 2.45) is 11.7 Å². The van der Waals surface area contributed by atoms with Crippen LogP contribution in [-0.4, -0.2) is 0 Å². The zero-order valence-corrected chi connectivity index (χ0v) is 10.2. The number of nitrogens with two attached hydrogens (primary N) is 1. The zero-order valence-electron chi connectivity index (χ0n) is 9.36. The molecule has 2 heteroatoms. The van der Waals surface area contributed by atoms with E-state index in [1.807, 2.05) is 11.3 Å². The summed E-state index contributed by atoms with van der Waals surface area (Å²) < 4.78 is 1.37. The number of rotatable bonds is 2. The van der Waals surface area contributed by atoms with Gasteiger partial charge in [-0.15, -0.1) is 11.3 Å². The zero-order chi connectivity index (χ0) is 11.0. The minimum Gasteiger partial charge on any atom is -0.324 e. The maximum absolute atomic E-state index is 6.42. The van der Waals surface area contributed by atoms with Crippen molar-refractivity contribution in [2.75, 3.05) is 0 Å². The molecular weight excluding hydrogens is 214 g/mol. The van der Waals surface area contributed by atoms with E-state index in [0.29, 0.717) is 5.92 Å². The van der Waals surface area contributed by atoms with Crippen LogP contribution in [0.25, 0.3) is 10.1 Å². The Labute approximate surface area is 100 Å². The van der Waals surface area contributed by atoms with Crippen LogP contribution >= 0.6 is 11.3 Å². The molecule has 84 valence electrons. The largest absolute Gasteiger partial charge is 0.324 e. The maximum Gasteiger partial charge on any atom is 0.0346 e. The van der Waals surface area contributed by atoms with Gasteiger partial charge in [0.2, 0.25) is 0 Å². The number of thiophene rings is 1. The molecule has 2 aromatic rings. The summed E-state index contributed by atoms with van der Waals surface area (Å²) in [5.74, 6) is 0.706. The van der Waals surface area contributed by atoms with Gasteiger partial charge in [0.25, 0.3) is 0 Å². The topological polar surface area (TPSA) is 26.0 Å². The molecule has 0 unspecified atom stereocenters. The first-order valence-electron chi connectivity index (χ1n) is 6.08. The predicted molar refractivity (Wildman–Crippen MR) is 70.7 cm³/mol. The fraction of sp³-hybridized carbons (Fsp3) is 0.429. The Kier molecular flexibility index (Phi) is 2.70. The predicted octanol–water partition coefficient (Wildman–Crippen LogP) is 4.09. The summed E-state index contributed by atoms with van der Waals surface area (Å²) in [5, 5.41) is 3.63. The summed E-state index contributed by atoms with van der Waals surface area (Å²) in [6, 6.07) is 8.85. The van der Waals surface area contributed by atoms with E-state index in [-0.39, 0.29) is 6.04 Å². The summed E-state index contributed by atoms with van der Waals surface area (Å²) in [6.45, 7) is 0. The SMILES string of the molecule is N[C@@H](c1csc2ccccc12)C1CCCC1. The second-order valence-corrected chi connectivity index (χ2v) is 5.67. The molecule has 0 amide bonds. The Bertz CT molecular complexity index is 482. The van der Waals surface area contributed by atoms with Crippen LogP contribution < -0.4 is 5.73 Å². The summed E-state index contributed by atoms with van der Waals surface area (Å²) in [5.41, 5.74) is 7.79. The molecule has 1 aromatic heterocycles. The molecule has 1 aromatic carbocycles. The number of benzene rings is 1. The van der Waals surface area contributed by atoms with Crippen molar-refractivity contribution in [3.63, 3.8) is 0 Å². The highest BCUT2D eigenvalue weighted by Gasteiger charge is 2.24. The summed E-state index contributed by atoms with van der Waals surface area (Å²) in [7, 11) is 0. The van der Waals surface area contributed by atoms with Crippen LogP contribution in [0, 0.1) is 5.92 Å². The Morgan fingerprint density at radius 3 is 2.75 bits per heavy atom. The van der Waals surface area contributed by atoms with E-state index in [2.05, 4.69) is 29.6 Å². The average molecular weight is 231 g/mol. The first kappa shape index (κ1) is 10.3. The monoisotopic (exact) mass is 231 g/mol. The molecule has 1 aliphatic carbocycles. The smallest absolute Gasteiger partial charge is 0.0346 e. The van der Waals surface area contributed by atoms with Gasteiger partial charge in [0, 0.05) is 10.7 Å². The summed E-state index contributed by atoms with van der Waals surface area (Å²) in [4.78, 5) is 0. The van der Waals surface area contributed by atoms with Gasteiger partial charge in [-0.25, -0.2) is 0 Å². The molecule has 0 bridgehead atoms. The molecule has 1 nitrogen and oxygen atoms in total. The third kappa shape index (κ3) is 1.66. The minimum absolute atomic E-state index is 0.249. The lowest BCUT2D eigenvalue weighted by Gasteiger charge is -2.18. The molecule has 1 heterocycles. The fourth-order valence-corrected chi connectivity index (χ4v) is 3.83. The van der Waals surface area contributed by atoms with Crippen molar-refractivity contribution < 1.29 is 0 Å². The van der Waals surface area contributed by atoms with Gasteiger partial charge >= 0.3 is 0 Å². The molecule has 0 spiro atoms. The van der Waals surface area contributed by atoms with E-state index in [0.717, 1.165) is 0 Å². The summed E-state index contributed by atoms with van der Waals surface area (Å²) in [6.07, 6.45) is 5.34. The van der Waals surface area contributed by atoms with Crippen LogP contribution in [0.4, 0.5) is 0 Å². The highest BCUT2D eigenvalue weighted by molar-refractivity contribution is 7.17. The van der Waals surface area contributed by atoms with Crippen molar-refractivity contribution in [1.29, 1.82) is 0 Å². The second kappa shape index (κ2) is 4.19. The number of fused-ring (bicyclic) bond motifs is 1. The lowest BCUT2D eigenvalue weighted by molar-refractivity contribution is 0.448. The molecule has 1 aliphatic rings. The molecular formula is C14H17NS. The Morgan fingerprint density at radius 1 is 1.19 bits per heavy atom. The Balaban J connectivity index is 1.98. The molecule has 1 fully saturated rings. The quantitative estimate of drug-likeness (QED) is 0.827. The Morgan fingerprint density at radius 2 is 1.94 bits per heavy atom. The lowest BCUT2D eigenvalue weighted by Crippen LogP contribution is -2.18. The van der Waals surface area contributed by atoms with Gasteiger partial charge in [-0.1, -0.05) is 31.0 Å². The van der Waals surface area contributed by atoms with Gasteiger partial charge in [0.15, 0.2) is 0 Å². The van der Waals surface area contributed by atoms with Crippen LogP contribution in [0.2, 0.25) is 0 Å². The highest BCUT2D eigenvalue weighted by Crippen LogP contribution is 2.38. The molecule has 0 radical (unpaired) electrons. The Hall–Kier alpha value is -0.860. The van der Waals surface area contributed by atoms with Crippen molar-refractivity contribution in [3.8, 4) is 0 Å². The van der Waals surface area contributed by atoms with E-state index < -0.39 is 0 Å². The third-order valence-corrected chi connectivity index (χ3v) is 4.76. The highest BCUT2D eigenvalue weighted by atomic mass is 32.1. The van der Waals surface area contributed by atoms with Crippen molar-refractivity contribution in [2.45, 2.75) is 31.7 Å². The third-order valence-electron chi connectivity index (χ3n) is 3.78. The fourth-order valence-electron chi connectivity index (χ4n) is 2.83. The molecule has 16 heavy (non-hydrogen) atoms. The normalized spacial score (nSPS) is 19.3. The van der Waals surface area contributed by atoms with E-state index >= 15 is 0 Å². The molecule has 1 saturated carbocycles. The maximum atomic E-state index is 6.42. The van der Waals surface area contributed by atoms with Crippen LogP contribution in [0.15, 0.2) is 29.6 Å². The molecule has 0 saturated heterocycles. The average Bonchev–Trinajstić information content (AvgIpc) is 2.98. The van der Waals surface area contributed by atoms with Crippen molar-refractivity contribution in [3.05, 3.63) is 35.2 Å². The minimum atomic E-state index is 0.249. The van der Waals surface area contributed by atoms with Crippen LogP contribution in [0.3, 0.4) is 0 Å². The van der Waals surface area contributed by atoms with Crippen LogP contribution in [-0.2, 0) is 0 Å². The second-order valence-electron chi connectivity index (χ2n) is 4.76. The van der Waals surface area contributed by atoms with Gasteiger partial charge in [-0.05, 0) is 41.2 Å². The van der Waals surface area contributed by atoms with Gasteiger partial charge < -0.3 is 5.73 Å². The number of hydrogen-bond acceptors (Lipinski definition) is 2.